The zero-order valence-electron chi connectivity index (χ0n) is 12.6. The van der Waals surface area contributed by atoms with E-state index in [4.69, 9.17) is 4.74 Å². The van der Waals surface area contributed by atoms with Crippen molar-refractivity contribution in [2.24, 2.45) is 0 Å². The summed E-state index contributed by atoms with van der Waals surface area (Å²) >= 11 is 5.43. The van der Waals surface area contributed by atoms with Crippen LogP contribution in [0.2, 0.25) is 0 Å². The van der Waals surface area contributed by atoms with E-state index in [1.165, 1.54) is 16.0 Å². The Morgan fingerprint density at radius 2 is 2.14 bits per heavy atom. The maximum atomic E-state index is 5.77. The molecule has 2 aromatic rings. The number of benzene rings is 1. The van der Waals surface area contributed by atoms with Gasteiger partial charge in [-0.1, -0.05) is 48.0 Å². The molecule has 0 saturated carbocycles. The molecular formula is C17H22BrNOS. The molecule has 1 aromatic carbocycles. The van der Waals surface area contributed by atoms with Crippen molar-refractivity contribution in [3.05, 3.63) is 56.2 Å². The van der Waals surface area contributed by atoms with Crippen LogP contribution in [0.25, 0.3) is 0 Å². The van der Waals surface area contributed by atoms with Gasteiger partial charge in [0.2, 0.25) is 0 Å². The largest absolute Gasteiger partial charge is 0.376 e. The Balaban J connectivity index is 1.77. The SMILES string of the molecule is CC(C)NCc1ccc(COCCc2cccs2)c(Br)c1. The average molecular weight is 368 g/mol. The fraction of sp³-hybridized carbons (Fsp3) is 0.412. The number of nitrogens with one attached hydrogen (secondary N) is 1. The highest BCUT2D eigenvalue weighted by atomic mass is 79.9. The summed E-state index contributed by atoms with van der Waals surface area (Å²) in [5, 5.41) is 5.53. The lowest BCUT2D eigenvalue weighted by molar-refractivity contribution is 0.124. The highest BCUT2D eigenvalue weighted by Gasteiger charge is 2.03. The van der Waals surface area contributed by atoms with Gasteiger partial charge < -0.3 is 10.1 Å². The van der Waals surface area contributed by atoms with Crippen molar-refractivity contribution >= 4 is 27.3 Å². The Bertz CT molecular complexity index is 540. The number of hydrogen-bond donors (Lipinski definition) is 1. The van der Waals surface area contributed by atoms with E-state index in [1.807, 2.05) is 0 Å². The molecule has 0 bridgehead atoms. The van der Waals surface area contributed by atoms with E-state index >= 15 is 0 Å². The molecule has 0 unspecified atom stereocenters. The molecule has 0 spiro atoms. The van der Waals surface area contributed by atoms with Gasteiger partial charge in [-0.25, -0.2) is 0 Å². The lowest BCUT2D eigenvalue weighted by Gasteiger charge is -2.11. The van der Waals surface area contributed by atoms with Gasteiger partial charge in [0.05, 0.1) is 13.2 Å². The Morgan fingerprint density at radius 3 is 2.81 bits per heavy atom. The molecule has 2 nitrogen and oxygen atoms in total. The number of halogens is 1. The molecule has 0 aliphatic rings. The Morgan fingerprint density at radius 1 is 1.29 bits per heavy atom. The van der Waals surface area contributed by atoms with Crippen molar-refractivity contribution in [3.63, 3.8) is 0 Å². The smallest absolute Gasteiger partial charge is 0.0727 e. The maximum Gasteiger partial charge on any atom is 0.0727 e. The first-order valence-corrected chi connectivity index (χ1v) is 8.93. The third-order valence-corrected chi connectivity index (χ3v) is 4.84. The molecule has 114 valence electrons. The van der Waals surface area contributed by atoms with E-state index < -0.39 is 0 Å². The van der Waals surface area contributed by atoms with Crippen molar-refractivity contribution in [1.82, 2.24) is 5.32 Å². The van der Waals surface area contributed by atoms with Gasteiger partial charge >= 0.3 is 0 Å². The zero-order valence-corrected chi connectivity index (χ0v) is 15.0. The van der Waals surface area contributed by atoms with E-state index in [9.17, 15) is 0 Å². The maximum absolute atomic E-state index is 5.77. The second-order valence-corrected chi connectivity index (χ2v) is 7.23. The first-order valence-electron chi connectivity index (χ1n) is 7.26. The number of thiophene rings is 1. The van der Waals surface area contributed by atoms with Crippen molar-refractivity contribution in [3.8, 4) is 0 Å². The van der Waals surface area contributed by atoms with Crippen LogP contribution in [0.1, 0.15) is 29.9 Å². The lowest BCUT2D eigenvalue weighted by Crippen LogP contribution is -2.21. The van der Waals surface area contributed by atoms with Gasteiger partial charge in [-0.05, 0) is 28.6 Å². The van der Waals surface area contributed by atoms with Gasteiger partial charge in [-0.3, -0.25) is 0 Å². The van der Waals surface area contributed by atoms with E-state index in [0.717, 1.165) is 24.0 Å². The fourth-order valence-corrected chi connectivity index (χ4v) is 3.18. The van der Waals surface area contributed by atoms with E-state index in [-0.39, 0.29) is 0 Å². The summed E-state index contributed by atoms with van der Waals surface area (Å²) in [5.74, 6) is 0. The second-order valence-electron chi connectivity index (χ2n) is 5.34. The lowest BCUT2D eigenvalue weighted by atomic mass is 10.1. The third-order valence-electron chi connectivity index (χ3n) is 3.16. The first kappa shape index (κ1) is 16.7. The molecule has 0 aliphatic carbocycles. The van der Waals surface area contributed by atoms with Gasteiger partial charge in [0.15, 0.2) is 0 Å². The Kier molecular flexibility index (Phi) is 6.90. The van der Waals surface area contributed by atoms with Crippen LogP contribution in [0.4, 0.5) is 0 Å². The molecule has 0 saturated heterocycles. The fourth-order valence-electron chi connectivity index (χ4n) is 1.95. The van der Waals surface area contributed by atoms with Gasteiger partial charge in [0, 0.05) is 28.4 Å². The molecule has 21 heavy (non-hydrogen) atoms. The van der Waals surface area contributed by atoms with Crippen LogP contribution in [0.5, 0.6) is 0 Å². The highest BCUT2D eigenvalue weighted by molar-refractivity contribution is 9.10. The van der Waals surface area contributed by atoms with E-state index in [1.54, 1.807) is 11.3 Å². The molecule has 2 rings (SSSR count). The quantitative estimate of drug-likeness (QED) is 0.678. The summed E-state index contributed by atoms with van der Waals surface area (Å²) in [4.78, 5) is 1.38. The molecule has 1 aromatic heterocycles. The number of ether oxygens (including phenoxy) is 1. The Labute approximate surface area is 139 Å². The number of hydrogen-bond acceptors (Lipinski definition) is 3. The van der Waals surface area contributed by atoms with Crippen LogP contribution in [-0.4, -0.2) is 12.6 Å². The highest BCUT2D eigenvalue weighted by Crippen LogP contribution is 2.20. The van der Waals surface area contributed by atoms with Crippen LogP contribution >= 0.6 is 27.3 Å². The topological polar surface area (TPSA) is 21.3 Å². The van der Waals surface area contributed by atoms with Crippen molar-refractivity contribution < 1.29 is 4.74 Å². The molecule has 0 fully saturated rings. The van der Waals surface area contributed by atoms with Gasteiger partial charge in [0.1, 0.15) is 0 Å². The summed E-state index contributed by atoms with van der Waals surface area (Å²) in [6, 6.07) is 11.2. The molecule has 0 aliphatic heterocycles. The minimum atomic E-state index is 0.504. The predicted molar refractivity (Wildman–Crippen MR) is 93.8 cm³/mol. The van der Waals surface area contributed by atoms with Crippen LogP contribution in [-0.2, 0) is 24.3 Å². The van der Waals surface area contributed by atoms with Crippen LogP contribution < -0.4 is 5.32 Å². The predicted octanol–water partition coefficient (Wildman–Crippen LogP) is 4.77. The molecule has 1 N–H and O–H groups in total. The Hall–Kier alpha value is -0.680. The molecule has 0 radical (unpaired) electrons. The van der Waals surface area contributed by atoms with E-state index in [0.29, 0.717) is 12.6 Å². The number of rotatable bonds is 8. The van der Waals surface area contributed by atoms with Gasteiger partial charge in [-0.15, -0.1) is 11.3 Å². The van der Waals surface area contributed by atoms with Crippen molar-refractivity contribution in [2.45, 2.75) is 39.5 Å². The summed E-state index contributed by atoms with van der Waals surface area (Å²) < 4.78 is 6.90. The monoisotopic (exact) mass is 367 g/mol. The normalized spacial score (nSPS) is 11.2. The van der Waals surface area contributed by atoms with Crippen molar-refractivity contribution in [1.29, 1.82) is 0 Å². The summed E-state index contributed by atoms with van der Waals surface area (Å²) in [5.41, 5.74) is 2.49. The summed E-state index contributed by atoms with van der Waals surface area (Å²) in [7, 11) is 0. The summed E-state index contributed by atoms with van der Waals surface area (Å²) in [6.07, 6.45) is 0.992. The van der Waals surface area contributed by atoms with E-state index in [2.05, 4.69) is 70.8 Å². The first-order chi connectivity index (χ1) is 10.1. The third kappa shape index (κ3) is 5.91. The van der Waals surface area contributed by atoms with Crippen LogP contribution in [0, 0.1) is 0 Å². The minimum Gasteiger partial charge on any atom is -0.376 e. The molecule has 0 amide bonds. The minimum absolute atomic E-state index is 0.504. The van der Waals surface area contributed by atoms with Crippen LogP contribution in [0.3, 0.4) is 0 Å². The van der Waals surface area contributed by atoms with Gasteiger partial charge in [-0.2, -0.15) is 0 Å². The standard InChI is InChI=1S/C17H22BrNOS/c1-13(2)19-11-14-5-6-15(17(18)10-14)12-20-8-7-16-4-3-9-21-16/h3-6,9-10,13,19H,7-8,11-12H2,1-2H3. The zero-order chi connectivity index (χ0) is 15.1. The van der Waals surface area contributed by atoms with Gasteiger partial charge in [0.25, 0.3) is 0 Å². The molecule has 0 atom stereocenters. The van der Waals surface area contributed by atoms with Crippen molar-refractivity contribution in [2.75, 3.05) is 6.61 Å². The summed E-state index contributed by atoms with van der Waals surface area (Å²) in [6.45, 7) is 6.64. The second kappa shape index (κ2) is 8.69. The average Bonchev–Trinajstić information content (AvgIpc) is 2.96. The molecule has 1 heterocycles. The molecular weight excluding hydrogens is 346 g/mol. The van der Waals surface area contributed by atoms with Crippen LogP contribution in [0.15, 0.2) is 40.2 Å². The molecule has 4 heteroatoms.